The molecule has 0 saturated carbocycles. The Morgan fingerprint density at radius 2 is 1.45 bits per heavy atom. The molecule has 114 valence electrons. The lowest BCUT2D eigenvalue weighted by Gasteiger charge is -2.10. The summed E-state index contributed by atoms with van der Waals surface area (Å²) in [4.78, 5) is 21.8. The van der Waals surface area contributed by atoms with Gasteiger partial charge in [-0.15, -0.1) is 0 Å². The van der Waals surface area contributed by atoms with Gasteiger partial charge in [-0.1, -0.05) is 42.5 Å². The summed E-state index contributed by atoms with van der Waals surface area (Å²) in [6.07, 6.45) is -0.0242. The first-order valence-electron chi connectivity index (χ1n) is 6.88. The van der Waals surface area contributed by atoms with Gasteiger partial charge in [0.05, 0.1) is 0 Å². The summed E-state index contributed by atoms with van der Waals surface area (Å²) in [5, 5.41) is 21.0. The summed E-state index contributed by atoms with van der Waals surface area (Å²) in [7, 11) is 0. The van der Waals surface area contributed by atoms with Crippen LogP contribution >= 0.6 is 0 Å². The summed E-state index contributed by atoms with van der Waals surface area (Å²) in [6, 6.07) is 17.1. The monoisotopic (exact) mass is 299 g/mol. The number of hydrogen-bond acceptors (Lipinski definition) is 3. The van der Waals surface area contributed by atoms with Crippen molar-refractivity contribution in [1.82, 2.24) is 0 Å². The van der Waals surface area contributed by atoms with Gasteiger partial charge >= 0.3 is 11.9 Å². The number of aliphatic carboxylic acids is 2. The Hall–Kier alpha value is -2.82. The van der Waals surface area contributed by atoms with Crippen molar-refractivity contribution in [2.24, 2.45) is 5.92 Å². The molecular weight excluding hydrogens is 282 g/mol. The van der Waals surface area contributed by atoms with Crippen LogP contribution in [-0.4, -0.2) is 22.2 Å². The Morgan fingerprint density at radius 3 is 2.00 bits per heavy atom. The van der Waals surface area contributed by atoms with Crippen molar-refractivity contribution in [3.05, 3.63) is 65.7 Å². The minimum absolute atomic E-state index is 0.0242. The normalized spacial score (nSPS) is 10.4. The summed E-state index contributed by atoms with van der Waals surface area (Å²) < 4.78 is 0. The Balaban J connectivity index is 1.95. The van der Waals surface area contributed by atoms with Crippen molar-refractivity contribution in [3.8, 4) is 0 Å². The van der Waals surface area contributed by atoms with Crippen molar-refractivity contribution in [2.45, 2.75) is 13.0 Å². The maximum absolute atomic E-state index is 10.9. The van der Waals surface area contributed by atoms with Gasteiger partial charge in [-0.3, -0.25) is 9.59 Å². The Labute approximate surface area is 128 Å². The van der Waals surface area contributed by atoms with E-state index in [0.29, 0.717) is 12.1 Å². The highest BCUT2D eigenvalue weighted by molar-refractivity contribution is 5.93. The fourth-order valence-electron chi connectivity index (χ4n) is 2.07. The maximum Gasteiger partial charge on any atom is 0.318 e. The number of carboxylic acids is 2. The standard InChI is InChI=1S/C17H17NO4/c19-16(20)15(17(21)22)10-12-6-8-14(9-7-12)18-11-13-4-2-1-3-5-13/h1-9,15,18H,10-11H2,(H,19,20)(H,21,22). The zero-order chi connectivity index (χ0) is 15.9. The van der Waals surface area contributed by atoms with Crippen LogP contribution in [0.5, 0.6) is 0 Å². The SMILES string of the molecule is O=C(O)C(Cc1ccc(NCc2ccccc2)cc1)C(=O)O. The molecule has 5 nitrogen and oxygen atoms in total. The third-order valence-electron chi connectivity index (χ3n) is 3.33. The van der Waals surface area contributed by atoms with Gasteiger partial charge in [0.1, 0.15) is 0 Å². The number of carboxylic acid groups (broad SMARTS) is 2. The minimum Gasteiger partial charge on any atom is -0.481 e. The van der Waals surface area contributed by atoms with E-state index in [-0.39, 0.29) is 6.42 Å². The Morgan fingerprint density at radius 1 is 0.864 bits per heavy atom. The number of benzene rings is 2. The van der Waals surface area contributed by atoms with Crippen LogP contribution in [0.1, 0.15) is 11.1 Å². The molecule has 0 aliphatic heterocycles. The first kappa shape index (κ1) is 15.6. The number of hydrogen-bond donors (Lipinski definition) is 3. The van der Waals surface area contributed by atoms with Gasteiger partial charge in [-0.05, 0) is 29.7 Å². The molecule has 0 radical (unpaired) electrons. The summed E-state index contributed by atoms with van der Waals surface area (Å²) in [6.45, 7) is 0.688. The molecule has 0 aliphatic carbocycles. The molecule has 0 amide bonds. The molecule has 0 atom stereocenters. The van der Waals surface area contributed by atoms with Gasteiger partial charge in [-0.25, -0.2) is 0 Å². The van der Waals surface area contributed by atoms with Gasteiger partial charge < -0.3 is 15.5 Å². The molecule has 0 heterocycles. The topological polar surface area (TPSA) is 86.6 Å². The van der Waals surface area contributed by atoms with E-state index in [1.165, 1.54) is 0 Å². The van der Waals surface area contributed by atoms with E-state index in [0.717, 1.165) is 11.3 Å². The van der Waals surface area contributed by atoms with E-state index in [4.69, 9.17) is 10.2 Å². The Kier molecular flexibility index (Phi) is 5.14. The smallest absolute Gasteiger partial charge is 0.318 e. The quantitative estimate of drug-likeness (QED) is 0.684. The second kappa shape index (κ2) is 7.26. The first-order valence-corrected chi connectivity index (χ1v) is 6.88. The number of carbonyl (C=O) groups is 2. The molecule has 22 heavy (non-hydrogen) atoms. The molecule has 0 aliphatic rings. The zero-order valence-corrected chi connectivity index (χ0v) is 11.9. The van der Waals surface area contributed by atoms with Gasteiger partial charge in [0, 0.05) is 12.2 Å². The molecule has 2 aromatic carbocycles. The maximum atomic E-state index is 10.9. The number of anilines is 1. The van der Waals surface area contributed by atoms with E-state index in [1.54, 1.807) is 12.1 Å². The highest BCUT2D eigenvalue weighted by Gasteiger charge is 2.25. The third kappa shape index (κ3) is 4.34. The van der Waals surface area contributed by atoms with Gasteiger partial charge in [-0.2, -0.15) is 0 Å². The molecular formula is C17H17NO4. The highest BCUT2D eigenvalue weighted by atomic mass is 16.4. The first-order chi connectivity index (χ1) is 10.6. The van der Waals surface area contributed by atoms with E-state index in [1.807, 2.05) is 42.5 Å². The van der Waals surface area contributed by atoms with Crippen LogP contribution in [0.25, 0.3) is 0 Å². The predicted molar refractivity (Wildman–Crippen MR) is 82.7 cm³/mol. The van der Waals surface area contributed by atoms with Crippen LogP contribution in [0.3, 0.4) is 0 Å². The Bertz CT molecular complexity index is 623. The molecule has 0 spiro atoms. The van der Waals surface area contributed by atoms with Crippen molar-refractivity contribution >= 4 is 17.6 Å². The number of rotatable bonds is 7. The molecule has 0 unspecified atom stereocenters. The summed E-state index contributed by atoms with van der Waals surface area (Å²) >= 11 is 0. The molecule has 0 aromatic heterocycles. The second-order valence-electron chi connectivity index (χ2n) is 4.97. The van der Waals surface area contributed by atoms with E-state index >= 15 is 0 Å². The van der Waals surface area contributed by atoms with E-state index in [2.05, 4.69) is 5.32 Å². The van der Waals surface area contributed by atoms with Crippen molar-refractivity contribution in [2.75, 3.05) is 5.32 Å². The fraction of sp³-hybridized carbons (Fsp3) is 0.176. The molecule has 0 saturated heterocycles. The van der Waals surface area contributed by atoms with Crippen molar-refractivity contribution in [1.29, 1.82) is 0 Å². The third-order valence-corrected chi connectivity index (χ3v) is 3.33. The number of nitrogens with one attached hydrogen (secondary N) is 1. The van der Waals surface area contributed by atoms with Crippen LogP contribution in [0.4, 0.5) is 5.69 Å². The average Bonchev–Trinajstić information content (AvgIpc) is 2.52. The predicted octanol–water partition coefficient (Wildman–Crippen LogP) is 2.63. The largest absolute Gasteiger partial charge is 0.481 e. The van der Waals surface area contributed by atoms with Crippen LogP contribution < -0.4 is 5.32 Å². The van der Waals surface area contributed by atoms with Gasteiger partial charge in [0.15, 0.2) is 5.92 Å². The van der Waals surface area contributed by atoms with Gasteiger partial charge in [0.2, 0.25) is 0 Å². The lowest BCUT2D eigenvalue weighted by molar-refractivity contribution is -0.154. The molecule has 0 bridgehead atoms. The van der Waals surface area contributed by atoms with E-state index in [9.17, 15) is 9.59 Å². The highest BCUT2D eigenvalue weighted by Crippen LogP contribution is 2.15. The molecule has 0 fully saturated rings. The second-order valence-corrected chi connectivity index (χ2v) is 4.97. The average molecular weight is 299 g/mol. The lowest BCUT2D eigenvalue weighted by atomic mass is 9.99. The summed E-state index contributed by atoms with van der Waals surface area (Å²) in [5.41, 5.74) is 2.73. The van der Waals surface area contributed by atoms with Crippen LogP contribution in [0.2, 0.25) is 0 Å². The lowest BCUT2D eigenvalue weighted by Crippen LogP contribution is -2.25. The van der Waals surface area contributed by atoms with Crippen molar-refractivity contribution in [3.63, 3.8) is 0 Å². The van der Waals surface area contributed by atoms with Crippen LogP contribution in [0.15, 0.2) is 54.6 Å². The van der Waals surface area contributed by atoms with E-state index < -0.39 is 17.9 Å². The molecule has 5 heteroatoms. The van der Waals surface area contributed by atoms with Crippen molar-refractivity contribution < 1.29 is 19.8 Å². The fourth-order valence-corrected chi connectivity index (χ4v) is 2.07. The molecule has 2 aromatic rings. The molecule has 2 rings (SSSR count). The van der Waals surface area contributed by atoms with Crippen LogP contribution in [-0.2, 0) is 22.6 Å². The van der Waals surface area contributed by atoms with Gasteiger partial charge in [0.25, 0.3) is 0 Å². The summed E-state index contributed by atoms with van der Waals surface area (Å²) in [5.74, 6) is -4.05. The zero-order valence-electron chi connectivity index (χ0n) is 11.9. The van der Waals surface area contributed by atoms with Crippen LogP contribution in [0, 0.1) is 5.92 Å². The molecule has 3 N–H and O–H groups in total. The minimum atomic E-state index is -1.41.